The Morgan fingerprint density at radius 3 is 2.17 bits per heavy atom. The molecule has 5 heterocycles. The average Bonchev–Trinajstić information content (AvgIpc) is 3.61. The van der Waals surface area contributed by atoms with Gasteiger partial charge in [0.1, 0.15) is 6.04 Å². The number of amides is 3. The number of imidazole rings is 1. The zero-order chi connectivity index (χ0) is 37.6. The molecule has 53 heavy (non-hydrogen) atoms. The Morgan fingerprint density at radius 2 is 1.55 bits per heavy atom. The van der Waals surface area contributed by atoms with Crippen LogP contribution in [0.3, 0.4) is 0 Å². The Bertz CT molecular complexity index is 1850. The molecule has 0 radical (unpaired) electrons. The second kappa shape index (κ2) is 15.4. The number of rotatable bonds is 7. The first-order valence-corrected chi connectivity index (χ1v) is 19.9. The van der Waals surface area contributed by atoms with E-state index in [1.807, 2.05) is 17.0 Å². The predicted octanol–water partition coefficient (Wildman–Crippen LogP) is 5.70. The number of likely N-dealkylation sites (tertiary alicyclic amines) is 1. The molecule has 2 aromatic carbocycles. The monoisotopic (exact) mass is 864 g/mol. The van der Waals surface area contributed by atoms with Gasteiger partial charge >= 0.3 is 17.9 Å². The van der Waals surface area contributed by atoms with Gasteiger partial charge in [0.05, 0.1) is 16.9 Å². The quantitative estimate of drug-likeness (QED) is 0.263. The Labute approximate surface area is 323 Å². The third-order valence-corrected chi connectivity index (χ3v) is 13.1. The molecule has 3 atom stereocenters. The molecule has 4 fully saturated rings. The van der Waals surface area contributed by atoms with E-state index >= 15 is 0 Å². The Balaban J connectivity index is 0.998. The largest absolute Gasteiger partial charge is 0.416 e. The lowest BCUT2D eigenvalue weighted by molar-refractivity contribution is -0.137. The zero-order valence-electron chi connectivity index (χ0n) is 29.5. The molecule has 2 unspecified atom stereocenters. The van der Waals surface area contributed by atoms with Crippen LogP contribution in [0.1, 0.15) is 55.7 Å². The molecule has 4 aliphatic heterocycles. The smallest absolute Gasteiger partial charge is 0.397 e. The van der Waals surface area contributed by atoms with Gasteiger partial charge in [-0.05, 0) is 107 Å². The number of hydrogen-bond donors (Lipinski definition) is 3. The molecule has 4 aliphatic rings. The predicted molar refractivity (Wildman–Crippen MR) is 203 cm³/mol. The minimum atomic E-state index is -4.50. The first kappa shape index (κ1) is 38.0. The maximum Gasteiger partial charge on any atom is 0.416 e. The average molecular weight is 867 g/mol. The summed E-state index contributed by atoms with van der Waals surface area (Å²) in [6.45, 7) is 3.48. The van der Waals surface area contributed by atoms with E-state index in [1.165, 1.54) is 42.4 Å². The van der Waals surface area contributed by atoms with E-state index in [9.17, 15) is 27.6 Å². The summed E-state index contributed by atoms with van der Waals surface area (Å²) in [5.41, 5.74) is 6.86. The molecule has 4 N–H and O–H groups in total. The number of alkyl halides is 3. The number of nitrogens with zero attached hydrogens (tertiary/aromatic N) is 5. The number of nitrogens with two attached hydrogens (primary N) is 1. The van der Waals surface area contributed by atoms with Gasteiger partial charge in [0.25, 0.3) is 0 Å². The van der Waals surface area contributed by atoms with Crippen LogP contribution in [0.15, 0.2) is 56.3 Å². The number of halogens is 5. The molecule has 3 aromatic rings. The number of carbonyl (C=O) groups excluding carboxylic acids is 2. The lowest BCUT2D eigenvalue weighted by Crippen LogP contribution is -2.59. The zero-order valence-corrected chi connectivity index (χ0v) is 32.7. The van der Waals surface area contributed by atoms with Crippen LogP contribution in [-0.2, 0) is 17.4 Å². The normalized spacial score (nSPS) is 23.7. The van der Waals surface area contributed by atoms with Gasteiger partial charge in [0, 0.05) is 90.6 Å². The van der Waals surface area contributed by atoms with Crippen molar-refractivity contribution in [1.82, 2.24) is 34.5 Å². The number of piperazine rings is 1. The SMILES string of the molecule is CN1C2CCC1CC(N1CCN(C(=O)[C@@H](Cc3cc(Br)c(N)c(Br)c3)NC(=O)N3CCC(n4cc(-c5cccc(C(F)(F)F)c5)[nH]c4=O)CC3)CC1)C2. The molecule has 0 spiro atoms. The molecule has 16 heteroatoms. The van der Waals surface area contributed by atoms with Gasteiger partial charge in [-0.3, -0.25) is 14.3 Å². The highest BCUT2D eigenvalue weighted by atomic mass is 79.9. The molecule has 2 bridgehead atoms. The van der Waals surface area contributed by atoms with Gasteiger partial charge in [-0.15, -0.1) is 0 Å². The Hall–Kier alpha value is -3.34. The summed E-state index contributed by atoms with van der Waals surface area (Å²) in [6, 6.07) is 8.99. The fourth-order valence-electron chi connectivity index (χ4n) is 8.68. The molecule has 7 rings (SSSR count). The number of H-pyrrole nitrogens is 1. The molecule has 11 nitrogen and oxygen atoms in total. The number of aromatic nitrogens is 2. The van der Waals surface area contributed by atoms with Gasteiger partial charge in [0.2, 0.25) is 5.91 Å². The van der Waals surface area contributed by atoms with Crippen molar-refractivity contribution in [3.8, 4) is 11.3 Å². The van der Waals surface area contributed by atoms with Gasteiger partial charge in [-0.25, -0.2) is 9.59 Å². The van der Waals surface area contributed by atoms with Crippen LogP contribution in [0.2, 0.25) is 0 Å². The number of nitrogens with one attached hydrogen (secondary N) is 2. The molecular formula is C37H45Br2F3N8O3. The number of urea groups is 1. The van der Waals surface area contributed by atoms with Crippen LogP contribution >= 0.6 is 31.9 Å². The van der Waals surface area contributed by atoms with Crippen molar-refractivity contribution < 1.29 is 22.8 Å². The summed E-state index contributed by atoms with van der Waals surface area (Å²) in [4.78, 5) is 52.2. The molecule has 286 valence electrons. The number of hydrogen-bond acceptors (Lipinski definition) is 6. The summed E-state index contributed by atoms with van der Waals surface area (Å²) in [5, 5.41) is 3.04. The van der Waals surface area contributed by atoms with Crippen LogP contribution in [0.25, 0.3) is 11.3 Å². The third kappa shape index (κ3) is 8.20. The van der Waals surface area contributed by atoms with Crippen molar-refractivity contribution in [2.75, 3.05) is 52.0 Å². The van der Waals surface area contributed by atoms with Crippen LogP contribution in [-0.4, -0.2) is 112 Å². The fourth-order valence-corrected chi connectivity index (χ4v) is 9.96. The maximum atomic E-state index is 14.2. The minimum Gasteiger partial charge on any atom is -0.397 e. The van der Waals surface area contributed by atoms with E-state index in [-0.39, 0.29) is 30.0 Å². The van der Waals surface area contributed by atoms with Crippen molar-refractivity contribution in [2.24, 2.45) is 0 Å². The third-order valence-electron chi connectivity index (χ3n) is 11.8. The minimum absolute atomic E-state index is 0.124. The summed E-state index contributed by atoms with van der Waals surface area (Å²) in [7, 11) is 2.25. The number of piperidine rings is 2. The van der Waals surface area contributed by atoms with Crippen molar-refractivity contribution in [3.05, 3.63) is 73.2 Å². The van der Waals surface area contributed by atoms with E-state index < -0.39 is 23.5 Å². The first-order valence-electron chi connectivity index (χ1n) is 18.3. The summed E-state index contributed by atoms with van der Waals surface area (Å²) in [6.07, 6.45) is 3.12. The second-order valence-electron chi connectivity index (χ2n) is 14.9. The Morgan fingerprint density at radius 1 is 0.906 bits per heavy atom. The lowest BCUT2D eigenvalue weighted by atomic mass is 9.96. The highest BCUT2D eigenvalue weighted by Gasteiger charge is 2.41. The van der Waals surface area contributed by atoms with Gasteiger partial charge in [0.15, 0.2) is 0 Å². The van der Waals surface area contributed by atoms with E-state index in [4.69, 9.17) is 5.73 Å². The van der Waals surface area contributed by atoms with Crippen molar-refractivity contribution in [3.63, 3.8) is 0 Å². The molecule has 1 aromatic heterocycles. The summed E-state index contributed by atoms with van der Waals surface area (Å²) < 4.78 is 42.8. The van der Waals surface area contributed by atoms with Crippen LogP contribution in [0.5, 0.6) is 0 Å². The highest BCUT2D eigenvalue weighted by molar-refractivity contribution is 9.11. The number of nitrogen functional groups attached to an aromatic ring is 1. The topological polar surface area (TPSA) is 123 Å². The first-order chi connectivity index (χ1) is 25.2. The molecule has 3 amide bonds. The lowest BCUT2D eigenvalue weighted by Gasteiger charge is -2.45. The molecule has 0 aliphatic carbocycles. The Kier molecular flexibility index (Phi) is 11.0. The summed E-state index contributed by atoms with van der Waals surface area (Å²) >= 11 is 7.01. The van der Waals surface area contributed by atoms with Gasteiger partial charge in [-0.2, -0.15) is 13.2 Å². The standard InChI is InChI=1S/C37H45Br2F3N8O3/c1-46-26-5-6-27(46)20-28(19-26)47-11-13-48(14-12-47)34(51)31(17-22-15-29(38)33(43)30(39)16-22)44-35(52)49-9-7-25(8-10-49)50-21-32(45-36(50)53)23-3-2-4-24(18-23)37(40,41)42/h2-4,15-16,18,21,25-28,31H,5-14,17,19-20,43H2,1H3,(H,44,52)(H,45,53)/t26?,27?,28?,31-/m1/s1. The van der Waals surface area contributed by atoms with Crippen molar-refractivity contribution in [2.45, 2.75) is 81.3 Å². The van der Waals surface area contributed by atoms with Crippen molar-refractivity contribution in [1.29, 1.82) is 0 Å². The molecular weight excluding hydrogens is 821 g/mol. The van der Waals surface area contributed by atoms with Crippen LogP contribution < -0.4 is 16.7 Å². The highest BCUT2D eigenvalue weighted by Crippen LogP contribution is 2.37. The van der Waals surface area contributed by atoms with E-state index in [1.54, 1.807) is 11.1 Å². The number of aromatic amines is 1. The second-order valence-corrected chi connectivity index (χ2v) is 16.6. The van der Waals surface area contributed by atoms with Gasteiger partial charge < -0.3 is 30.7 Å². The van der Waals surface area contributed by atoms with Gasteiger partial charge in [-0.1, -0.05) is 12.1 Å². The van der Waals surface area contributed by atoms with Crippen molar-refractivity contribution >= 4 is 49.5 Å². The number of carbonyl (C=O) groups is 2. The molecule has 0 saturated carbocycles. The van der Waals surface area contributed by atoms with E-state index in [2.05, 4.69) is 59.0 Å². The number of fused-ring (bicyclic) bond motifs is 2. The van der Waals surface area contributed by atoms with Crippen LogP contribution in [0.4, 0.5) is 23.7 Å². The number of anilines is 1. The number of benzene rings is 2. The van der Waals surface area contributed by atoms with Crippen LogP contribution in [0, 0.1) is 0 Å². The van der Waals surface area contributed by atoms with E-state index in [0.29, 0.717) is 77.5 Å². The fraction of sp³-hybridized carbons (Fsp3) is 0.541. The summed E-state index contributed by atoms with van der Waals surface area (Å²) in [5.74, 6) is -0.124. The maximum absolute atomic E-state index is 14.2. The molecule has 4 saturated heterocycles. The van der Waals surface area contributed by atoms with E-state index in [0.717, 1.165) is 30.8 Å².